The third kappa shape index (κ3) is 9.43. The molecule has 3 heteroatoms. The van der Waals surface area contributed by atoms with Crippen molar-refractivity contribution in [3.63, 3.8) is 0 Å². The molecule has 0 aliphatic carbocycles. The Labute approximate surface area is 67.7 Å². The van der Waals surface area contributed by atoms with Gasteiger partial charge in [-0.3, -0.25) is 4.79 Å². The number of rotatable bonds is 6. The molecule has 0 aliphatic rings. The Hall–Kier alpha value is -0.570. The lowest BCUT2D eigenvalue weighted by Gasteiger charge is -2.02. The minimum absolute atomic E-state index is 0.222. The van der Waals surface area contributed by atoms with Crippen molar-refractivity contribution in [1.82, 2.24) is 0 Å². The van der Waals surface area contributed by atoms with Crippen LogP contribution in [-0.2, 0) is 14.3 Å². The summed E-state index contributed by atoms with van der Waals surface area (Å²) in [5.74, 6) is -0.222. The van der Waals surface area contributed by atoms with Crippen LogP contribution in [0.5, 0.6) is 0 Å². The first-order valence-electron chi connectivity index (χ1n) is 3.98. The minimum atomic E-state index is -0.222. The summed E-state index contributed by atoms with van der Waals surface area (Å²) in [5.41, 5.74) is 0. The third-order valence-electron chi connectivity index (χ3n) is 1.09. The highest BCUT2D eigenvalue weighted by atomic mass is 16.5. The molecule has 0 amide bonds. The van der Waals surface area contributed by atoms with Crippen LogP contribution in [0.25, 0.3) is 0 Å². The van der Waals surface area contributed by atoms with Gasteiger partial charge in [-0.05, 0) is 6.42 Å². The van der Waals surface area contributed by atoms with Gasteiger partial charge in [0.1, 0.15) is 0 Å². The zero-order valence-corrected chi connectivity index (χ0v) is 7.26. The van der Waals surface area contributed by atoms with Gasteiger partial charge in [0.25, 0.3) is 0 Å². The van der Waals surface area contributed by atoms with Crippen LogP contribution in [0.3, 0.4) is 0 Å². The van der Waals surface area contributed by atoms with Crippen LogP contribution < -0.4 is 0 Å². The van der Waals surface area contributed by atoms with Gasteiger partial charge in [-0.1, -0.05) is 6.92 Å². The summed E-state index contributed by atoms with van der Waals surface area (Å²) in [6, 6.07) is 0. The van der Waals surface area contributed by atoms with E-state index in [9.17, 15) is 4.79 Å². The second-order valence-electron chi connectivity index (χ2n) is 2.31. The Morgan fingerprint density at radius 3 is 2.55 bits per heavy atom. The standard InChI is InChI=1S/C8H16O3/c1-3-5-10-6-4-7-11-8(2)9/h3-7H2,1-2H3. The van der Waals surface area contributed by atoms with Crippen LogP contribution >= 0.6 is 0 Å². The zero-order chi connectivity index (χ0) is 8.53. The molecule has 0 spiro atoms. The number of esters is 1. The molecular formula is C8H16O3. The van der Waals surface area contributed by atoms with E-state index in [0.717, 1.165) is 19.4 Å². The van der Waals surface area contributed by atoms with E-state index in [1.165, 1.54) is 6.92 Å². The predicted octanol–water partition coefficient (Wildman–Crippen LogP) is 1.37. The van der Waals surface area contributed by atoms with Crippen LogP contribution in [0.15, 0.2) is 0 Å². The van der Waals surface area contributed by atoms with Gasteiger partial charge in [0.2, 0.25) is 0 Å². The number of ether oxygens (including phenoxy) is 2. The van der Waals surface area contributed by atoms with Gasteiger partial charge >= 0.3 is 5.97 Å². The van der Waals surface area contributed by atoms with Gasteiger partial charge in [-0.15, -0.1) is 0 Å². The predicted molar refractivity (Wildman–Crippen MR) is 42.4 cm³/mol. The fourth-order valence-electron chi connectivity index (χ4n) is 0.623. The molecule has 0 unspecified atom stereocenters. The third-order valence-corrected chi connectivity index (χ3v) is 1.09. The van der Waals surface area contributed by atoms with Crippen LogP contribution in [0.2, 0.25) is 0 Å². The fraction of sp³-hybridized carbons (Fsp3) is 0.875. The lowest BCUT2D eigenvalue weighted by atomic mass is 10.5. The maximum atomic E-state index is 10.3. The molecular weight excluding hydrogens is 144 g/mol. The Balaban J connectivity index is 2.85. The van der Waals surface area contributed by atoms with E-state index in [4.69, 9.17) is 9.47 Å². The monoisotopic (exact) mass is 160 g/mol. The Morgan fingerprint density at radius 2 is 2.00 bits per heavy atom. The topological polar surface area (TPSA) is 35.5 Å². The summed E-state index contributed by atoms with van der Waals surface area (Å²) in [5, 5.41) is 0. The van der Waals surface area contributed by atoms with Crippen LogP contribution in [0, 0.1) is 0 Å². The van der Waals surface area contributed by atoms with Gasteiger partial charge in [0, 0.05) is 26.6 Å². The molecule has 66 valence electrons. The van der Waals surface area contributed by atoms with Gasteiger partial charge in [-0.2, -0.15) is 0 Å². The molecule has 0 N–H and O–H groups in total. The highest BCUT2D eigenvalue weighted by molar-refractivity contribution is 5.65. The summed E-state index contributed by atoms with van der Waals surface area (Å²) in [7, 11) is 0. The number of carbonyl (C=O) groups excluding carboxylic acids is 1. The van der Waals surface area contributed by atoms with E-state index in [-0.39, 0.29) is 5.97 Å². The molecule has 11 heavy (non-hydrogen) atoms. The molecule has 0 radical (unpaired) electrons. The second kappa shape index (κ2) is 7.54. The molecule has 0 heterocycles. The highest BCUT2D eigenvalue weighted by Gasteiger charge is 1.91. The van der Waals surface area contributed by atoms with Crippen LogP contribution in [0.4, 0.5) is 0 Å². The van der Waals surface area contributed by atoms with Crippen molar-refractivity contribution in [2.75, 3.05) is 19.8 Å². The molecule has 0 bridgehead atoms. The van der Waals surface area contributed by atoms with Crippen molar-refractivity contribution in [2.45, 2.75) is 26.7 Å². The molecule has 0 fully saturated rings. The smallest absolute Gasteiger partial charge is 0.302 e. The molecule has 0 rings (SSSR count). The minimum Gasteiger partial charge on any atom is -0.466 e. The molecule has 0 saturated heterocycles. The summed E-state index contributed by atoms with van der Waals surface area (Å²) in [6.45, 7) is 5.42. The molecule has 0 aliphatic heterocycles. The van der Waals surface area contributed by atoms with E-state index in [2.05, 4.69) is 6.92 Å². The summed E-state index contributed by atoms with van der Waals surface area (Å²) < 4.78 is 9.88. The van der Waals surface area contributed by atoms with Gasteiger partial charge < -0.3 is 9.47 Å². The van der Waals surface area contributed by atoms with Crippen molar-refractivity contribution in [3.8, 4) is 0 Å². The number of hydrogen-bond donors (Lipinski definition) is 0. The van der Waals surface area contributed by atoms with Crippen molar-refractivity contribution in [2.24, 2.45) is 0 Å². The number of carbonyl (C=O) groups is 1. The lowest BCUT2D eigenvalue weighted by molar-refractivity contribution is -0.141. The first-order valence-corrected chi connectivity index (χ1v) is 3.98. The van der Waals surface area contributed by atoms with Crippen LogP contribution in [-0.4, -0.2) is 25.8 Å². The van der Waals surface area contributed by atoms with Gasteiger partial charge in [0.15, 0.2) is 0 Å². The highest BCUT2D eigenvalue weighted by Crippen LogP contribution is 1.87. The maximum absolute atomic E-state index is 10.3. The quantitative estimate of drug-likeness (QED) is 0.435. The van der Waals surface area contributed by atoms with Crippen molar-refractivity contribution < 1.29 is 14.3 Å². The summed E-state index contributed by atoms with van der Waals surface area (Å²) >= 11 is 0. The maximum Gasteiger partial charge on any atom is 0.302 e. The largest absolute Gasteiger partial charge is 0.466 e. The molecule has 0 atom stereocenters. The van der Waals surface area contributed by atoms with E-state index in [0.29, 0.717) is 13.2 Å². The molecule has 3 nitrogen and oxygen atoms in total. The first kappa shape index (κ1) is 10.4. The molecule has 0 aromatic heterocycles. The van der Waals surface area contributed by atoms with Crippen molar-refractivity contribution >= 4 is 5.97 Å². The summed E-state index contributed by atoms with van der Waals surface area (Å²) in [4.78, 5) is 10.3. The van der Waals surface area contributed by atoms with Gasteiger partial charge in [0.05, 0.1) is 6.61 Å². The lowest BCUT2D eigenvalue weighted by Crippen LogP contribution is -2.04. The molecule has 0 saturated carbocycles. The molecule has 0 aromatic carbocycles. The normalized spacial score (nSPS) is 9.64. The fourth-order valence-corrected chi connectivity index (χ4v) is 0.623. The Bertz CT molecular complexity index is 102. The first-order chi connectivity index (χ1) is 5.27. The second-order valence-corrected chi connectivity index (χ2v) is 2.31. The van der Waals surface area contributed by atoms with E-state index in [1.54, 1.807) is 0 Å². The van der Waals surface area contributed by atoms with Crippen LogP contribution in [0.1, 0.15) is 26.7 Å². The average Bonchev–Trinajstić information content (AvgIpc) is 1.96. The number of hydrogen-bond acceptors (Lipinski definition) is 3. The van der Waals surface area contributed by atoms with Crippen molar-refractivity contribution in [1.29, 1.82) is 0 Å². The zero-order valence-electron chi connectivity index (χ0n) is 7.26. The van der Waals surface area contributed by atoms with Crippen molar-refractivity contribution in [3.05, 3.63) is 0 Å². The van der Waals surface area contributed by atoms with E-state index >= 15 is 0 Å². The molecule has 0 aromatic rings. The average molecular weight is 160 g/mol. The van der Waals surface area contributed by atoms with E-state index < -0.39 is 0 Å². The Kier molecular flexibility index (Phi) is 7.15. The van der Waals surface area contributed by atoms with Gasteiger partial charge in [-0.25, -0.2) is 0 Å². The SMILES string of the molecule is CCCOCCCOC(C)=O. The Morgan fingerprint density at radius 1 is 1.27 bits per heavy atom. The van der Waals surface area contributed by atoms with E-state index in [1.807, 2.05) is 0 Å². The summed E-state index contributed by atoms with van der Waals surface area (Å²) in [6.07, 6.45) is 1.83.